The monoisotopic (exact) mass is 240 g/mol. The number of hydrogen-bond donors (Lipinski definition) is 3. The molecule has 0 bridgehead atoms. The first kappa shape index (κ1) is 15.0. The minimum Gasteiger partial charge on any atom is -0.481 e. The molecule has 94 valence electrons. The van der Waals surface area contributed by atoms with Crippen molar-refractivity contribution in [2.75, 3.05) is 0 Å². The Balaban J connectivity index is 3.96. The zero-order valence-electron chi connectivity index (χ0n) is 9.66. The van der Waals surface area contributed by atoms with Gasteiger partial charge in [-0.3, -0.25) is 14.9 Å². The highest BCUT2D eigenvalue weighted by molar-refractivity contribution is 5.95. The molecule has 3 amide bonds. The maximum atomic E-state index is 11.3. The Morgan fingerprint density at radius 3 is 2.47 bits per heavy atom. The molecular weight excluding hydrogens is 224 g/mol. The molecule has 0 rings (SSSR count). The second-order valence-corrected chi connectivity index (χ2v) is 3.42. The standard InChI is InChI=1S/C11H16N2O4/c1-3-5-8(4-2)12-11(17)13-9(14)6-7-10(15)16/h2,8H,3,5-7H2,1H3,(H,15,16)(H2,12,13,14,17). The summed E-state index contributed by atoms with van der Waals surface area (Å²) in [6.07, 6.45) is 6.06. The third-order valence-corrected chi connectivity index (χ3v) is 1.90. The Kier molecular flexibility index (Phi) is 7.19. The highest BCUT2D eigenvalue weighted by Crippen LogP contribution is 1.94. The molecule has 0 aromatic carbocycles. The van der Waals surface area contributed by atoms with Crippen LogP contribution in [0.3, 0.4) is 0 Å². The smallest absolute Gasteiger partial charge is 0.322 e. The first-order valence-corrected chi connectivity index (χ1v) is 5.27. The fourth-order valence-corrected chi connectivity index (χ4v) is 1.09. The highest BCUT2D eigenvalue weighted by Gasteiger charge is 2.12. The number of carboxylic acids is 1. The van der Waals surface area contributed by atoms with Gasteiger partial charge in [0.2, 0.25) is 5.91 Å². The SMILES string of the molecule is C#CC(CCC)NC(=O)NC(=O)CCC(=O)O. The van der Waals surface area contributed by atoms with Gasteiger partial charge in [-0.05, 0) is 6.42 Å². The summed E-state index contributed by atoms with van der Waals surface area (Å²) in [4.78, 5) is 32.5. The van der Waals surface area contributed by atoms with E-state index in [2.05, 4.69) is 11.2 Å². The van der Waals surface area contributed by atoms with Crippen LogP contribution in [0.15, 0.2) is 0 Å². The lowest BCUT2D eigenvalue weighted by molar-refractivity contribution is -0.138. The molecule has 0 spiro atoms. The van der Waals surface area contributed by atoms with Crippen molar-refractivity contribution in [3.63, 3.8) is 0 Å². The summed E-state index contributed by atoms with van der Waals surface area (Å²) in [5, 5.41) is 12.8. The zero-order valence-corrected chi connectivity index (χ0v) is 9.66. The van der Waals surface area contributed by atoms with Crippen LogP contribution < -0.4 is 10.6 Å². The van der Waals surface area contributed by atoms with Crippen LogP contribution in [0.1, 0.15) is 32.6 Å². The van der Waals surface area contributed by atoms with E-state index >= 15 is 0 Å². The highest BCUT2D eigenvalue weighted by atomic mass is 16.4. The number of carboxylic acid groups (broad SMARTS) is 1. The van der Waals surface area contributed by atoms with Crippen molar-refractivity contribution in [2.24, 2.45) is 0 Å². The topological polar surface area (TPSA) is 95.5 Å². The molecule has 0 aliphatic carbocycles. The number of imide groups is 1. The summed E-state index contributed by atoms with van der Waals surface area (Å²) in [6, 6.07) is -1.12. The van der Waals surface area contributed by atoms with Gasteiger partial charge in [-0.1, -0.05) is 19.3 Å². The van der Waals surface area contributed by atoms with Crippen molar-refractivity contribution < 1.29 is 19.5 Å². The van der Waals surface area contributed by atoms with Crippen LogP contribution in [0.25, 0.3) is 0 Å². The number of aliphatic carboxylic acids is 1. The molecular formula is C11H16N2O4. The molecule has 0 heterocycles. The van der Waals surface area contributed by atoms with Crippen molar-refractivity contribution in [1.82, 2.24) is 10.6 Å². The minimum absolute atomic E-state index is 0.239. The lowest BCUT2D eigenvalue weighted by Gasteiger charge is -2.12. The molecule has 0 fully saturated rings. The molecule has 1 unspecified atom stereocenters. The molecule has 3 N–H and O–H groups in total. The van der Waals surface area contributed by atoms with E-state index in [1.807, 2.05) is 12.2 Å². The third kappa shape index (κ3) is 7.85. The van der Waals surface area contributed by atoms with Crippen LogP contribution in [-0.4, -0.2) is 29.1 Å². The average Bonchev–Trinajstić information content (AvgIpc) is 2.25. The first-order chi connectivity index (χ1) is 7.99. The quantitative estimate of drug-likeness (QED) is 0.588. The second-order valence-electron chi connectivity index (χ2n) is 3.42. The van der Waals surface area contributed by atoms with E-state index < -0.39 is 23.9 Å². The van der Waals surface area contributed by atoms with Gasteiger partial charge in [0.25, 0.3) is 0 Å². The van der Waals surface area contributed by atoms with Crippen molar-refractivity contribution in [2.45, 2.75) is 38.6 Å². The van der Waals surface area contributed by atoms with Crippen molar-refractivity contribution in [3.05, 3.63) is 0 Å². The van der Waals surface area contributed by atoms with Crippen LogP contribution in [-0.2, 0) is 9.59 Å². The maximum Gasteiger partial charge on any atom is 0.322 e. The normalized spacial score (nSPS) is 11.1. The van der Waals surface area contributed by atoms with Gasteiger partial charge in [-0.2, -0.15) is 0 Å². The number of rotatable bonds is 6. The Bertz CT molecular complexity index is 333. The molecule has 0 saturated heterocycles. The van der Waals surface area contributed by atoms with E-state index in [1.54, 1.807) is 0 Å². The molecule has 6 heteroatoms. The van der Waals surface area contributed by atoms with E-state index in [9.17, 15) is 14.4 Å². The van der Waals surface area contributed by atoms with Gasteiger partial charge in [-0.25, -0.2) is 4.79 Å². The van der Waals surface area contributed by atoms with E-state index in [0.29, 0.717) is 6.42 Å². The Morgan fingerprint density at radius 1 is 1.35 bits per heavy atom. The maximum absolute atomic E-state index is 11.3. The summed E-state index contributed by atoms with van der Waals surface area (Å²) in [6.45, 7) is 1.92. The van der Waals surface area contributed by atoms with E-state index in [0.717, 1.165) is 6.42 Å². The fourth-order valence-electron chi connectivity index (χ4n) is 1.09. The van der Waals surface area contributed by atoms with Gasteiger partial charge in [-0.15, -0.1) is 6.42 Å². The van der Waals surface area contributed by atoms with Crippen molar-refractivity contribution in [1.29, 1.82) is 0 Å². The predicted octanol–water partition coefficient (Wildman–Crippen LogP) is 0.479. The molecule has 1 atom stereocenters. The number of nitrogens with one attached hydrogen (secondary N) is 2. The second kappa shape index (κ2) is 8.16. The predicted molar refractivity (Wildman–Crippen MR) is 61.1 cm³/mol. The third-order valence-electron chi connectivity index (χ3n) is 1.90. The lowest BCUT2D eigenvalue weighted by Crippen LogP contribution is -2.44. The molecule has 0 aliphatic rings. The summed E-state index contributed by atoms with van der Waals surface area (Å²) >= 11 is 0. The molecule has 0 aromatic heterocycles. The van der Waals surface area contributed by atoms with E-state index in [1.165, 1.54) is 0 Å². The lowest BCUT2D eigenvalue weighted by atomic mass is 10.2. The van der Waals surface area contributed by atoms with Gasteiger partial charge in [0.1, 0.15) is 0 Å². The summed E-state index contributed by atoms with van der Waals surface area (Å²) < 4.78 is 0. The summed E-state index contributed by atoms with van der Waals surface area (Å²) in [5.74, 6) is 0.649. The Labute approximate surface area is 99.8 Å². The Morgan fingerprint density at radius 2 is 2.00 bits per heavy atom. The van der Waals surface area contributed by atoms with Gasteiger partial charge < -0.3 is 10.4 Å². The number of hydrogen-bond acceptors (Lipinski definition) is 3. The van der Waals surface area contributed by atoms with E-state index in [4.69, 9.17) is 11.5 Å². The number of carbonyl (C=O) groups is 3. The minimum atomic E-state index is -1.09. The number of amides is 3. The van der Waals surface area contributed by atoms with Gasteiger partial charge in [0.05, 0.1) is 12.5 Å². The van der Waals surface area contributed by atoms with Crippen LogP contribution in [0, 0.1) is 12.3 Å². The summed E-state index contributed by atoms with van der Waals surface area (Å²) in [7, 11) is 0. The van der Waals surface area contributed by atoms with Crippen molar-refractivity contribution in [3.8, 4) is 12.3 Å². The van der Waals surface area contributed by atoms with Gasteiger partial charge in [0.15, 0.2) is 0 Å². The molecule has 0 radical (unpaired) electrons. The number of carbonyl (C=O) groups excluding carboxylic acids is 2. The van der Waals surface area contributed by atoms with Crippen LogP contribution in [0.5, 0.6) is 0 Å². The molecule has 6 nitrogen and oxygen atoms in total. The summed E-state index contributed by atoms with van der Waals surface area (Å²) in [5.41, 5.74) is 0. The van der Waals surface area contributed by atoms with Gasteiger partial charge >= 0.3 is 12.0 Å². The molecule has 0 aromatic rings. The largest absolute Gasteiger partial charge is 0.481 e. The molecule has 0 aliphatic heterocycles. The first-order valence-electron chi connectivity index (χ1n) is 5.27. The van der Waals surface area contributed by atoms with Crippen LogP contribution >= 0.6 is 0 Å². The Hall–Kier alpha value is -2.03. The number of urea groups is 1. The van der Waals surface area contributed by atoms with Gasteiger partial charge in [0, 0.05) is 6.42 Å². The fraction of sp³-hybridized carbons (Fsp3) is 0.545. The van der Waals surface area contributed by atoms with Crippen LogP contribution in [0.2, 0.25) is 0 Å². The van der Waals surface area contributed by atoms with E-state index in [-0.39, 0.29) is 12.8 Å². The number of terminal acetylenes is 1. The van der Waals surface area contributed by atoms with Crippen LogP contribution in [0.4, 0.5) is 4.79 Å². The molecule has 0 saturated carbocycles. The average molecular weight is 240 g/mol. The molecule has 17 heavy (non-hydrogen) atoms. The van der Waals surface area contributed by atoms with Crippen molar-refractivity contribution >= 4 is 17.9 Å². The zero-order chi connectivity index (χ0) is 13.3.